The maximum Gasteiger partial charge on any atom is 0.250 e. The van der Waals surface area contributed by atoms with Crippen LogP contribution in [-0.2, 0) is 17.9 Å². The minimum atomic E-state index is -0.0573. The van der Waals surface area contributed by atoms with Gasteiger partial charge < -0.3 is 9.88 Å². The predicted molar refractivity (Wildman–Crippen MR) is 101 cm³/mol. The van der Waals surface area contributed by atoms with Gasteiger partial charge in [-0.1, -0.05) is 12.1 Å². The third kappa shape index (κ3) is 5.02. The van der Waals surface area contributed by atoms with Gasteiger partial charge in [-0.15, -0.1) is 0 Å². The number of amides is 1. The molecule has 0 radical (unpaired) electrons. The molecule has 26 heavy (non-hydrogen) atoms. The molecular weight excluding hydrogens is 328 g/mol. The Bertz CT molecular complexity index is 788. The number of hydrogen-bond donors (Lipinski definition) is 1. The zero-order chi connectivity index (χ0) is 18.4. The van der Waals surface area contributed by atoms with Crippen molar-refractivity contribution < 1.29 is 4.79 Å². The smallest absolute Gasteiger partial charge is 0.250 e. The van der Waals surface area contributed by atoms with Gasteiger partial charge in [-0.05, 0) is 44.0 Å². The SMILES string of the molecule is Cc1cccc(=O)n1CCC(=O)N[C@H]1CCCN(Cc2cccnc2)C1. The maximum atomic E-state index is 12.3. The van der Waals surface area contributed by atoms with E-state index in [1.165, 1.54) is 11.6 Å². The number of carbonyl (C=O) groups is 1. The molecule has 0 spiro atoms. The monoisotopic (exact) mass is 354 g/mol. The van der Waals surface area contributed by atoms with E-state index in [2.05, 4.69) is 21.3 Å². The van der Waals surface area contributed by atoms with Crippen molar-refractivity contribution in [3.8, 4) is 0 Å². The van der Waals surface area contributed by atoms with Gasteiger partial charge in [-0.25, -0.2) is 0 Å². The van der Waals surface area contributed by atoms with Crippen molar-refractivity contribution in [3.63, 3.8) is 0 Å². The molecule has 1 N–H and O–H groups in total. The van der Waals surface area contributed by atoms with Crippen molar-refractivity contribution in [2.45, 2.75) is 45.3 Å². The highest BCUT2D eigenvalue weighted by Gasteiger charge is 2.21. The molecule has 0 aliphatic carbocycles. The fraction of sp³-hybridized carbons (Fsp3) is 0.450. The van der Waals surface area contributed by atoms with Crippen molar-refractivity contribution >= 4 is 5.91 Å². The third-order valence-corrected chi connectivity index (χ3v) is 4.83. The van der Waals surface area contributed by atoms with Crippen LogP contribution in [-0.4, -0.2) is 39.5 Å². The minimum absolute atomic E-state index is 0.00776. The molecule has 6 nitrogen and oxygen atoms in total. The van der Waals surface area contributed by atoms with E-state index < -0.39 is 0 Å². The number of aryl methyl sites for hydroxylation is 1. The number of carbonyl (C=O) groups excluding carboxylic acids is 1. The fourth-order valence-corrected chi connectivity index (χ4v) is 3.49. The topological polar surface area (TPSA) is 67.2 Å². The molecule has 2 aromatic heterocycles. The molecule has 0 bridgehead atoms. The Kier molecular flexibility index (Phi) is 6.17. The molecular formula is C20H26N4O2. The third-order valence-electron chi connectivity index (χ3n) is 4.83. The normalized spacial score (nSPS) is 17.8. The van der Waals surface area contributed by atoms with Gasteiger partial charge in [0.1, 0.15) is 0 Å². The van der Waals surface area contributed by atoms with Crippen LogP contribution in [0.1, 0.15) is 30.5 Å². The number of nitrogens with one attached hydrogen (secondary N) is 1. The summed E-state index contributed by atoms with van der Waals surface area (Å²) in [6.45, 7) is 5.06. The van der Waals surface area contributed by atoms with Gasteiger partial charge in [0.25, 0.3) is 5.56 Å². The molecule has 3 heterocycles. The molecule has 1 amide bonds. The van der Waals surface area contributed by atoms with Gasteiger partial charge in [-0.2, -0.15) is 0 Å². The van der Waals surface area contributed by atoms with E-state index >= 15 is 0 Å². The molecule has 3 rings (SSSR count). The Morgan fingerprint density at radius 1 is 1.31 bits per heavy atom. The first-order valence-corrected chi connectivity index (χ1v) is 9.19. The Balaban J connectivity index is 1.48. The van der Waals surface area contributed by atoms with E-state index in [1.807, 2.05) is 25.3 Å². The Morgan fingerprint density at radius 3 is 2.96 bits per heavy atom. The lowest BCUT2D eigenvalue weighted by Gasteiger charge is -2.33. The number of aromatic nitrogens is 2. The van der Waals surface area contributed by atoms with Crippen LogP contribution in [0.25, 0.3) is 0 Å². The summed E-state index contributed by atoms with van der Waals surface area (Å²) in [5, 5.41) is 3.13. The Morgan fingerprint density at radius 2 is 2.19 bits per heavy atom. The molecule has 2 aromatic rings. The molecule has 1 aliphatic rings. The molecule has 1 aliphatic heterocycles. The van der Waals surface area contributed by atoms with Crippen molar-refractivity contribution in [1.29, 1.82) is 0 Å². The highest BCUT2D eigenvalue weighted by Crippen LogP contribution is 2.13. The number of nitrogens with zero attached hydrogens (tertiary/aromatic N) is 3. The number of piperidine rings is 1. The summed E-state index contributed by atoms with van der Waals surface area (Å²) in [5.41, 5.74) is 2.02. The second-order valence-corrected chi connectivity index (χ2v) is 6.91. The van der Waals surface area contributed by atoms with Crippen molar-refractivity contribution in [3.05, 3.63) is 64.3 Å². The predicted octanol–water partition coefficient (Wildman–Crippen LogP) is 1.72. The van der Waals surface area contributed by atoms with Gasteiger partial charge in [0, 0.05) is 56.3 Å². The van der Waals surface area contributed by atoms with E-state index in [0.29, 0.717) is 13.0 Å². The van der Waals surface area contributed by atoms with Crippen LogP contribution in [0.3, 0.4) is 0 Å². The first kappa shape index (κ1) is 18.3. The van der Waals surface area contributed by atoms with Crippen LogP contribution in [0, 0.1) is 6.92 Å². The van der Waals surface area contributed by atoms with Gasteiger partial charge in [-0.3, -0.25) is 19.5 Å². The van der Waals surface area contributed by atoms with E-state index in [-0.39, 0.29) is 17.5 Å². The van der Waals surface area contributed by atoms with Crippen LogP contribution in [0.4, 0.5) is 0 Å². The molecule has 0 saturated carbocycles. The summed E-state index contributed by atoms with van der Waals surface area (Å²) in [7, 11) is 0. The first-order chi connectivity index (χ1) is 12.6. The zero-order valence-corrected chi connectivity index (χ0v) is 15.2. The summed E-state index contributed by atoms with van der Waals surface area (Å²) in [6, 6.07) is 9.36. The maximum absolute atomic E-state index is 12.3. The average Bonchev–Trinajstić information content (AvgIpc) is 2.62. The molecule has 6 heteroatoms. The van der Waals surface area contributed by atoms with E-state index in [1.54, 1.807) is 16.8 Å². The van der Waals surface area contributed by atoms with E-state index in [0.717, 1.165) is 38.2 Å². The standard InChI is InChI=1S/C20H26N4O2/c1-16-5-2-8-20(26)24(16)12-9-19(25)22-18-7-4-11-23(15-18)14-17-6-3-10-21-13-17/h2-3,5-6,8,10,13,18H,4,7,9,11-12,14-15H2,1H3,(H,22,25)/t18-/m0/s1. The summed E-state index contributed by atoms with van der Waals surface area (Å²) < 4.78 is 1.65. The van der Waals surface area contributed by atoms with E-state index in [9.17, 15) is 9.59 Å². The van der Waals surface area contributed by atoms with E-state index in [4.69, 9.17) is 0 Å². The van der Waals surface area contributed by atoms with Crippen LogP contribution >= 0.6 is 0 Å². The quantitative estimate of drug-likeness (QED) is 0.858. The molecule has 1 fully saturated rings. The van der Waals surface area contributed by atoms with Gasteiger partial charge in [0.05, 0.1) is 0 Å². The summed E-state index contributed by atoms with van der Waals surface area (Å²) in [5.74, 6) is 0.00776. The van der Waals surface area contributed by atoms with Crippen molar-refractivity contribution in [2.24, 2.45) is 0 Å². The van der Waals surface area contributed by atoms with Crippen LogP contribution < -0.4 is 10.9 Å². The highest BCUT2D eigenvalue weighted by molar-refractivity contribution is 5.76. The molecule has 0 unspecified atom stereocenters. The Labute approximate surface area is 153 Å². The Hall–Kier alpha value is -2.47. The lowest BCUT2D eigenvalue weighted by Crippen LogP contribution is -2.47. The van der Waals surface area contributed by atoms with Gasteiger partial charge >= 0.3 is 0 Å². The highest BCUT2D eigenvalue weighted by atomic mass is 16.2. The van der Waals surface area contributed by atoms with Gasteiger partial charge in [0.2, 0.25) is 5.91 Å². The molecule has 0 aromatic carbocycles. The van der Waals surface area contributed by atoms with Crippen molar-refractivity contribution in [2.75, 3.05) is 13.1 Å². The van der Waals surface area contributed by atoms with Gasteiger partial charge in [0.15, 0.2) is 0 Å². The molecule has 138 valence electrons. The summed E-state index contributed by atoms with van der Waals surface area (Å²) >= 11 is 0. The number of hydrogen-bond acceptors (Lipinski definition) is 4. The second-order valence-electron chi connectivity index (χ2n) is 6.91. The minimum Gasteiger partial charge on any atom is -0.352 e. The lowest BCUT2D eigenvalue weighted by atomic mass is 10.0. The molecule has 1 atom stereocenters. The largest absolute Gasteiger partial charge is 0.352 e. The zero-order valence-electron chi connectivity index (χ0n) is 15.2. The average molecular weight is 354 g/mol. The summed E-state index contributed by atoms with van der Waals surface area (Å²) in [6.07, 6.45) is 6.07. The van der Waals surface area contributed by atoms with Crippen LogP contribution in [0.15, 0.2) is 47.5 Å². The van der Waals surface area contributed by atoms with Crippen molar-refractivity contribution in [1.82, 2.24) is 19.8 Å². The molecule has 1 saturated heterocycles. The number of pyridine rings is 2. The lowest BCUT2D eigenvalue weighted by molar-refractivity contribution is -0.122. The first-order valence-electron chi connectivity index (χ1n) is 9.19. The van der Waals surface area contributed by atoms with Crippen LogP contribution in [0.5, 0.6) is 0 Å². The fourth-order valence-electron chi connectivity index (χ4n) is 3.49. The number of rotatable bonds is 6. The van der Waals surface area contributed by atoms with Crippen LogP contribution in [0.2, 0.25) is 0 Å². The second kappa shape index (κ2) is 8.76. The summed E-state index contributed by atoms with van der Waals surface area (Å²) in [4.78, 5) is 30.7. The number of likely N-dealkylation sites (tertiary alicyclic amines) is 1.